The van der Waals surface area contributed by atoms with Crippen molar-refractivity contribution in [3.8, 4) is 5.75 Å². The number of benzene rings is 2. The van der Waals surface area contributed by atoms with Gasteiger partial charge in [-0.25, -0.2) is 0 Å². The number of methoxy groups -OCH3 is 1. The Bertz CT molecular complexity index is 1030. The van der Waals surface area contributed by atoms with E-state index in [9.17, 15) is 9.59 Å². The summed E-state index contributed by atoms with van der Waals surface area (Å²) in [5.41, 5.74) is 1.69. The molecule has 0 fully saturated rings. The number of carbonyl (C=O) groups excluding carboxylic acids is 2. The van der Waals surface area contributed by atoms with Crippen molar-refractivity contribution in [3.63, 3.8) is 0 Å². The molecule has 3 rings (SSSR count). The van der Waals surface area contributed by atoms with Crippen molar-refractivity contribution in [2.24, 2.45) is 0 Å². The van der Waals surface area contributed by atoms with Crippen LogP contribution in [-0.2, 0) is 4.79 Å². The number of nitrogens with zero attached hydrogens (tertiary/aromatic N) is 2. The van der Waals surface area contributed by atoms with Crippen LogP contribution in [0.4, 0.5) is 5.69 Å². The Morgan fingerprint density at radius 3 is 2.37 bits per heavy atom. The molecule has 5 nitrogen and oxygen atoms in total. The first-order valence-electron chi connectivity index (χ1n) is 8.34. The Hall–Kier alpha value is -2.50. The van der Waals surface area contributed by atoms with Crippen molar-refractivity contribution in [2.75, 3.05) is 18.6 Å². The zero-order valence-electron chi connectivity index (χ0n) is 15.1. The number of anilines is 1. The highest BCUT2D eigenvalue weighted by Gasteiger charge is 2.22. The molecule has 0 atom stereocenters. The highest BCUT2D eigenvalue weighted by atomic mass is 35.5. The molecule has 1 amide bonds. The Labute approximate surface area is 167 Å². The van der Waals surface area contributed by atoms with Gasteiger partial charge in [-0.05, 0) is 43.3 Å². The van der Waals surface area contributed by atoms with Gasteiger partial charge in [0.1, 0.15) is 5.75 Å². The second-order valence-electron chi connectivity index (χ2n) is 5.96. The molecule has 1 heterocycles. The molecule has 0 N–H and O–H groups in total. The number of amides is 1. The minimum Gasteiger partial charge on any atom is -0.495 e. The highest BCUT2D eigenvalue weighted by Crippen LogP contribution is 2.37. The van der Waals surface area contributed by atoms with Gasteiger partial charge in [-0.1, -0.05) is 23.2 Å². The fourth-order valence-electron chi connectivity index (χ4n) is 3.04. The quantitative estimate of drug-likeness (QED) is 0.613. The molecule has 27 heavy (non-hydrogen) atoms. The van der Waals surface area contributed by atoms with Gasteiger partial charge >= 0.3 is 0 Å². The summed E-state index contributed by atoms with van der Waals surface area (Å²) in [6.07, 6.45) is 1.66. The molecule has 3 aromatic rings. The van der Waals surface area contributed by atoms with E-state index >= 15 is 0 Å². The third-order valence-electron chi connectivity index (χ3n) is 4.35. The summed E-state index contributed by atoms with van der Waals surface area (Å²) < 4.78 is 6.80. The average molecular weight is 405 g/mol. The standard InChI is InChI=1S/C20H18Cl2N2O3/c1-4-23(12(2)25)18-11-24(20(26)13-5-7-14(21)8-6-13)17-10-16(22)19(27-3)9-15(17)18/h5-11H,4H2,1-3H3. The molecule has 0 aliphatic carbocycles. The number of aromatic nitrogens is 1. The molecule has 0 unspecified atom stereocenters. The van der Waals surface area contributed by atoms with Crippen molar-refractivity contribution in [2.45, 2.75) is 13.8 Å². The van der Waals surface area contributed by atoms with Crippen LogP contribution in [0.5, 0.6) is 5.75 Å². The van der Waals surface area contributed by atoms with Gasteiger partial charge in [0.15, 0.2) is 0 Å². The largest absolute Gasteiger partial charge is 0.495 e. The Balaban J connectivity index is 2.26. The first kappa shape index (κ1) is 19.3. The third kappa shape index (κ3) is 3.53. The van der Waals surface area contributed by atoms with Crippen molar-refractivity contribution in [1.29, 1.82) is 0 Å². The predicted molar refractivity (Wildman–Crippen MR) is 108 cm³/mol. The summed E-state index contributed by atoms with van der Waals surface area (Å²) in [5, 5.41) is 1.63. The maximum absolute atomic E-state index is 13.1. The molecule has 1 aromatic heterocycles. The Morgan fingerprint density at radius 1 is 1.15 bits per heavy atom. The van der Waals surface area contributed by atoms with Crippen LogP contribution in [0.15, 0.2) is 42.6 Å². The number of hydrogen-bond acceptors (Lipinski definition) is 3. The minimum atomic E-state index is -0.247. The second-order valence-corrected chi connectivity index (χ2v) is 6.81. The van der Waals surface area contributed by atoms with Crippen LogP contribution in [0.2, 0.25) is 10.0 Å². The lowest BCUT2D eigenvalue weighted by molar-refractivity contribution is -0.116. The van der Waals surface area contributed by atoms with E-state index in [2.05, 4.69) is 0 Å². The molecule has 0 aliphatic rings. The lowest BCUT2D eigenvalue weighted by Gasteiger charge is -2.18. The van der Waals surface area contributed by atoms with Crippen LogP contribution in [-0.4, -0.2) is 30.0 Å². The number of carbonyl (C=O) groups is 2. The van der Waals surface area contributed by atoms with Crippen molar-refractivity contribution in [3.05, 3.63) is 58.2 Å². The van der Waals surface area contributed by atoms with Crippen molar-refractivity contribution < 1.29 is 14.3 Å². The normalized spacial score (nSPS) is 10.9. The van der Waals surface area contributed by atoms with Gasteiger partial charge in [-0.2, -0.15) is 0 Å². The minimum absolute atomic E-state index is 0.121. The van der Waals surface area contributed by atoms with E-state index in [1.807, 2.05) is 6.92 Å². The lowest BCUT2D eigenvalue weighted by Crippen LogP contribution is -2.27. The SMILES string of the molecule is CCN(C(C)=O)c1cn(C(=O)c2ccc(Cl)cc2)c2cc(Cl)c(OC)cc12. The van der Waals surface area contributed by atoms with Crippen molar-refractivity contribution >= 4 is 51.6 Å². The average Bonchev–Trinajstić information content (AvgIpc) is 2.99. The number of hydrogen-bond donors (Lipinski definition) is 0. The van der Waals surface area contributed by atoms with Gasteiger partial charge in [0.05, 0.1) is 23.3 Å². The molecular formula is C20H18Cl2N2O3. The maximum Gasteiger partial charge on any atom is 0.262 e. The number of halogens is 2. The molecular weight excluding hydrogens is 387 g/mol. The topological polar surface area (TPSA) is 51.5 Å². The summed E-state index contributed by atoms with van der Waals surface area (Å²) in [6, 6.07) is 10.0. The molecule has 0 saturated carbocycles. The van der Waals surface area contributed by atoms with Gasteiger partial charge in [0.2, 0.25) is 5.91 Å². The van der Waals surface area contributed by atoms with Crippen LogP contribution in [0.3, 0.4) is 0 Å². The van der Waals surface area contributed by atoms with E-state index in [-0.39, 0.29) is 11.8 Å². The fraction of sp³-hybridized carbons (Fsp3) is 0.200. The van der Waals surface area contributed by atoms with Crippen LogP contribution >= 0.6 is 23.2 Å². The molecule has 0 radical (unpaired) electrons. The first-order valence-corrected chi connectivity index (χ1v) is 9.10. The fourth-order valence-corrected chi connectivity index (χ4v) is 3.40. The smallest absolute Gasteiger partial charge is 0.262 e. The van der Waals surface area contributed by atoms with E-state index in [0.29, 0.717) is 44.5 Å². The van der Waals surface area contributed by atoms with Gasteiger partial charge in [0, 0.05) is 35.6 Å². The molecule has 2 aromatic carbocycles. The van der Waals surface area contributed by atoms with Crippen LogP contribution in [0.1, 0.15) is 24.2 Å². The lowest BCUT2D eigenvalue weighted by atomic mass is 10.2. The molecule has 0 spiro atoms. The van der Waals surface area contributed by atoms with E-state index in [1.165, 1.54) is 18.6 Å². The summed E-state index contributed by atoms with van der Waals surface area (Å²) in [7, 11) is 1.52. The summed E-state index contributed by atoms with van der Waals surface area (Å²) in [4.78, 5) is 26.8. The summed E-state index contributed by atoms with van der Waals surface area (Å²) in [5.74, 6) is 0.106. The molecule has 0 bridgehead atoms. The molecule has 140 valence electrons. The van der Waals surface area contributed by atoms with Gasteiger partial charge in [-0.3, -0.25) is 14.2 Å². The highest BCUT2D eigenvalue weighted by molar-refractivity contribution is 6.33. The van der Waals surface area contributed by atoms with Crippen LogP contribution < -0.4 is 9.64 Å². The van der Waals surface area contributed by atoms with Crippen LogP contribution in [0, 0.1) is 0 Å². The second kappa shape index (κ2) is 7.62. The van der Waals surface area contributed by atoms with E-state index in [1.54, 1.807) is 47.5 Å². The van der Waals surface area contributed by atoms with Crippen LogP contribution in [0.25, 0.3) is 10.9 Å². The number of fused-ring (bicyclic) bond motifs is 1. The predicted octanol–water partition coefficient (Wildman–Crippen LogP) is 5.02. The third-order valence-corrected chi connectivity index (χ3v) is 4.90. The van der Waals surface area contributed by atoms with E-state index < -0.39 is 0 Å². The maximum atomic E-state index is 13.1. The van der Waals surface area contributed by atoms with E-state index in [4.69, 9.17) is 27.9 Å². The number of ether oxygens (including phenoxy) is 1. The van der Waals surface area contributed by atoms with Gasteiger partial charge in [0.25, 0.3) is 5.91 Å². The molecule has 0 aliphatic heterocycles. The zero-order chi connectivity index (χ0) is 19.7. The monoisotopic (exact) mass is 404 g/mol. The summed E-state index contributed by atoms with van der Waals surface area (Å²) in [6.45, 7) is 3.83. The molecule has 7 heteroatoms. The first-order chi connectivity index (χ1) is 12.9. The van der Waals surface area contributed by atoms with Gasteiger partial charge in [-0.15, -0.1) is 0 Å². The zero-order valence-corrected chi connectivity index (χ0v) is 16.6. The Morgan fingerprint density at radius 2 is 1.81 bits per heavy atom. The Kier molecular flexibility index (Phi) is 5.44. The summed E-state index contributed by atoms with van der Waals surface area (Å²) >= 11 is 12.2. The number of rotatable bonds is 4. The van der Waals surface area contributed by atoms with E-state index in [0.717, 1.165) is 0 Å². The molecule has 0 saturated heterocycles. The van der Waals surface area contributed by atoms with Gasteiger partial charge < -0.3 is 9.64 Å². The van der Waals surface area contributed by atoms with Crippen molar-refractivity contribution in [1.82, 2.24) is 4.57 Å².